The van der Waals surface area contributed by atoms with Gasteiger partial charge in [-0.25, -0.2) is 0 Å². The number of hydrogen-bond acceptors (Lipinski definition) is 7. The first-order valence-electron chi connectivity index (χ1n) is 9.89. The number of nitrogens with zero attached hydrogens (tertiary/aromatic N) is 4. The number of benzene rings is 1. The first-order chi connectivity index (χ1) is 14.2. The van der Waals surface area contributed by atoms with Crippen molar-refractivity contribution < 1.29 is 19.0 Å². The van der Waals surface area contributed by atoms with E-state index in [1.54, 1.807) is 13.2 Å². The molecule has 0 aliphatic carbocycles. The lowest BCUT2D eigenvalue weighted by atomic mass is 10.1. The number of aromatic nitrogens is 2. The molecule has 1 saturated heterocycles. The highest BCUT2D eigenvalue weighted by Gasteiger charge is 2.22. The number of methoxy groups -OCH3 is 1. The van der Waals surface area contributed by atoms with E-state index in [0.717, 1.165) is 30.2 Å². The Hall–Kier alpha value is -2.87. The van der Waals surface area contributed by atoms with Gasteiger partial charge >= 0.3 is 0 Å². The minimum atomic E-state index is 0.141. The van der Waals surface area contributed by atoms with E-state index in [9.17, 15) is 4.79 Å². The molecule has 8 nitrogen and oxygen atoms in total. The molecule has 1 fully saturated rings. The maximum absolute atomic E-state index is 12.6. The van der Waals surface area contributed by atoms with Crippen LogP contribution in [0.1, 0.15) is 12.5 Å². The Balaban J connectivity index is 1.46. The van der Waals surface area contributed by atoms with Crippen LogP contribution in [0.3, 0.4) is 0 Å². The number of piperazine rings is 1. The first kappa shape index (κ1) is 20.9. The molecule has 3 rings (SSSR count). The van der Waals surface area contributed by atoms with E-state index >= 15 is 0 Å². The predicted octanol–water partition coefficient (Wildman–Crippen LogP) is 1.79. The molecule has 0 bridgehead atoms. The van der Waals surface area contributed by atoms with E-state index < -0.39 is 0 Å². The third kappa shape index (κ3) is 6.05. The number of hydrogen-bond donors (Lipinski definition) is 0. The van der Waals surface area contributed by atoms with E-state index in [4.69, 9.17) is 14.2 Å². The van der Waals surface area contributed by atoms with Crippen LogP contribution in [0, 0.1) is 0 Å². The summed E-state index contributed by atoms with van der Waals surface area (Å²) in [7, 11) is 1.63. The number of carbonyl (C=O) groups is 1. The zero-order valence-electron chi connectivity index (χ0n) is 17.0. The molecular weight excluding hydrogens is 372 g/mol. The monoisotopic (exact) mass is 400 g/mol. The van der Waals surface area contributed by atoms with E-state index in [-0.39, 0.29) is 5.91 Å². The second kappa shape index (κ2) is 10.6. The Kier molecular flexibility index (Phi) is 7.63. The first-order valence-corrected chi connectivity index (χ1v) is 9.89. The molecule has 0 atom stereocenters. The summed E-state index contributed by atoms with van der Waals surface area (Å²) in [6.45, 7) is 6.34. The number of rotatable bonds is 9. The number of ether oxygens (including phenoxy) is 3. The van der Waals surface area contributed by atoms with Crippen molar-refractivity contribution in [3.05, 3.63) is 42.0 Å². The van der Waals surface area contributed by atoms with Crippen molar-refractivity contribution in [2.75, 3.05) is 58.0 Å². The van der Waals surface area contributed by atoms with Crippen LogP contribution in [0.5, 0.6) is 11.6 Å². The molecule has 29 heavy (non-hydrogen) atoms. The fourth-order valence-corrected chi connectivity index (χ4v) is 3.13. The van der Waals surface area contributed by atoms with Gasteiger partial charge in [-0.3, -0.25) is 4.79 Å². The zero-order chi connectivity index (χ0) is 20.5. The molecule has 0 spiro atoms. The molecule has 1 amide bonds. The van der Waals surface area contributed by atoms with Crippen LogP contribution in [0.4, 0.5) is 5.82 Å². The quantitative estimate of drug-likeness (QED) is 0.594. The van der Waals surface area contributed by atoms with Gasteiger partial charge in [0.25, 0.3) is 0 Å². The van der Waals surface area contributed by atoms with Gasteiger partial charge in [0.2, 0.25) is 11.8 Å². The van der Waals surface area contributed by atoms with Gasteiger partial charge in [0.15, 0.2) is 5.82 Å². The van der Waals surface area contributed by atoms with Crippen LogP contribution in [0.15, 0.2) is 36.4 Å². The third-order valence-electron chi connectivity index (χ3n) is 4.71. The Morgan fingerprint density at radius 3 is 2.34 bits per heavy atom. The second-order valence-corrected chi connectivity index (χ2v) is 6.69. The summed E-state index contributed by atoms with van der Waals surface area (Å²) in [6.07, 6.45) is 0.403. The molecular formula is C21H28N4O4. The van der Waals surface area contributed by atoms with Crippen LogP contribution < -0.4 is 14.4 Å². The van der Waals surface area contributed by atoms with Gasteiger partial charge < -0.3 is 24.0 Å². The fraction of sp³-hybridized carbons (Fsp3) is 0.476. The minimum Gasteiger partial charge on any atom is -0.494 e. The lowest BCUT2D eigenvalue weighted by Gasteiger charge is -2.35. The Bertz CT molecular complexity index is 759. The summed E-state index contributed by atoms with van der Waals surface area (Å²) >= 11 is 0. The number of amides is 1. The topological polar surface area (TPSA) is 77.0 Å². The molecule has 0 radical (unpaired) electrons. The Morgan fingerprint density at radius 1 is 0.966 bits per heavy atom. The van der Waals surface area contributed by atoms with Gasteiger partial charge in [-0.05, 0) is 30.7 Å². The molecule has 1 aromatic carbocycles. The summed E-state index contributed by atoms with van der Waals surface area (Å²) in [4.78, 5) is 16.6. The predicted molar refractivity (Wildman–Crippen MR) is 110 cm³/mol. The minimum absolute atomic E-state index is 0.141. The largest absolute Gasteiger partial charge is 0.494 e. The van der Waals surface area contributed by atoms with Gasteiger partial charge in [-0.15, -0.1) is 10.2 Å². The maximum atomic E-state index is 12.6. The smallest absolute Gasteiger partial charge is 0.233 e. The highest BCUT2D eigenvalue weighted by molar-refractivity contribution is 5.79. The molecule has 1 aromatic heterocycles. The second-order valence-electron chi connectivity index (χ2n) is 6.69. The fourth-order valence-electron chi connectivity index (χ4n) is 3.13. The molecule has 8 heteroatoms. The van der Waals surface area contributed by atoms with Gasteiger partial charge in [0, 0.05) is 39.4 Å². The highest BCUT2D eigenvalue weighted by atomic mass is 16.5. The third-order valence-corrected chi connectivity index (χ3v) is 4.71. The van der Waals surface area contributed by atoms with Gasteiger partial charge in [0.1, 0.15) is 12.4 Å². The van der Waals surface area contributed by atoms with Crippen molar-refractivity contribution in [2.45, 2.75) is 13.3 Å². The van der Waals surface area contributed by atoms with Crippen LogP contribution in [-0.2, 0) is 16.0 Å². The number of anilines is 1. The van der Waals surface area contributed by atoms with Crippen LogP contribution in [-0.4, -0.2) is 74.1 Å². The van der Waals surface area contributed by atoms with Gasteiger partial charge in [-0.2, -0.15) is 0 Å². The van der Waals surface area contributed by atoms with Crippen molar-refractivity contribution in [3.63, 3.8) is 0 Å². The molecule has 0 N–H and O–H groups in total. The SMILES string of the molecule is CCOc1ccc(CC(=O)N2CCN(c3ccc(OCCOC)nn3)CC2)cc1. The van der Waals surface area contributed by atoms with Crippen LogP contribution >= 0.6 is 0 Å². The molecule has 156 valence electrons. The lowest BCUT2D eigenvalue weighted by Crippen LogP contribution is -2.49. The Morgan fingerprint density at radius 2 is 1.72 bits per heavy atom. The molecule has 2 heterocycles. The van der Waals surface area contributed by atoms with Crippen molar-refractivity contribution in [1.82, 2.24) is 15.1 Å². The lowest BCUT2D eigenvalue weighted by molar-refractivity contribution is -0.130. The van der Waals surface area contributed by atoms with Crippen molar-refractivity contribution in [2.24, 2.45) is 0 Å². The summed E-state index contributed by atoms with van der Waals surface area (Å²) in [6, 6.07) is 11.4. The maximum Gasteiger partial charge on any atom is 0.233 e. The number of carbonyl (C=O) groups excluding carboxylic acids is 1. The van der Waals surface area contributed by atoms with Crippen LogP contribution in [0.2, 0.25) is 0 Å². The van der Waals surface area contributed by atoms with E-state index in [2.05, 4.69) is 15.1 Å². The van der Waals surface area contributed by atoms with E-state index in [1.165, 1.54) is 0 Å². The van der Waals surface area contributed by atoms with Crippen molar-refractivity contribution >= 4 is 11.7 Å². The molecule has 1 aliphatic rings. The highest BCUT2D eigenvalue weighted by Crippen LogP contribution is 2.17. The standard InChI is InChI=1S/C21H28N4O4/c1-3-28-18-6-4-17(5-7-18)16-21(26)25-12-10-24(11-13-25)19-8-9-20(23-22-19)29-15-14-27-2/h4-9H,3,10-16H2,1-2H3. The van der Waals surface area contributed by atoms with Gasteiger partial charge in [-0.1, -0.05) is 12.1 Å². The van der Waals surface area contributed by atoms with Crippen molar-refractivity contribution in [1.29, 1.82) is 0 Å². The summed E-state index contributed by atoms with van der Waals surface area (Å²) in [5.41, 5.74) is 0.996. The summed E-state index contributed by atoms with van der Waals surface area (Å²) < 4.78 is 15.8. The van der Waals surface area contributed by atoms with Gasteiger partial charge in [0.05, 0.1) is 19.6 Å². The average molecular weight is 400 g/mol. The Labute approximate surface area is 171 Å². The average Bonchev–Trinajstić information content (AvgIpc) is 2.76. The molecule has 0 unspecified atom stereocenters. The summed E-state index contributed by atoms with van der Waals surface area (Å²) in [5, 5.41) is 8.33. The van der Waals surface area contributed by atoms with Crippen LogP contribution in [0.25, 0.3) is 0 Å². The van der Waals surface area contributed by atoms with Crippen molar-refractivity contribution in [3.8, 4) is 11.6 Å². The summed E-state index contributed by atoms with van der Waals surface area (Å²) in [5.74, 6) is 2.24. The van der Waals surface area contributed by atoms with E-state index in [0.29, 0.717) is 45.2 Å². The zero-order valence-corrected chi connectivity index (χ0v) is 17.0. The van der Waals surface area contributed by atoms with E-state index in [1.807, 2.05) is 42.2 Å². The normalized spacial score (nSPS) is 14.0. The molecule has 2 aromatic rings. The molecule has 1 aliphatic heterocycles. The molecule has 0 saturated carbocycles.